The van der Waals surface area contributed by atoms with E-state index in [4.69, 9.17) is 15.3 Å². The van der Waals surface area contributed by atoms with Gasteiger partial charge in [-0.05, 0) is 49.6 Å². The first kappa shape index (κ1) is 21.0. The second-order valence-electron chi connectivity index (χ2n) is 7.32. The van der Waals surface area contributed by atoms with Crippen molar-refractivity contribution in [3.8, 4) is 17.4 Å². The van der Waals surface area contributed by atoms with E-state index in [1.807, 2.05) is 36.9 Å². The lowest BCUT2D eigenvalue weighted by Gasteiger charge is -2.29. The zero-order valence-corrected chi connectivity index (χ0v) is 18.8. The van der Waals surface area contributed by atoms with Crippen molar-refractivity contribution in [1.29, 1.82) is 0 Å². The Morgan fingerprint density at radius 2 is 1.84 bits per heavy atom. The van der Waals surface area contributed by atoms with Gasteiger partial charge < -0.3 is 20.2 Å². The molecule has 2 N–H and O–H groups in total. The van der Waals surface area contributed by atoms with Gasteiger partial charge in [0.05, 0.1) is 25.7 Å². The number of ether oxygens (including phenoxy) is 2. The molecule has 0 saturated heterocycles. The lowest BCUT2D eigenvalue weighted by atomic mass is 9.99. The number of rotatable bonds is 6. The number of nitrogens with zero attached hydrogens (tertiary/aromatic N) is 6. The van der Waals surface area contributed by atoms with Gasteiger partial charge in [-0.25, -0.2) is 9.36 Å². The molecule has 0 fully saturated rings. The smallest absolute Gasteiger partial charge is 0.271 e. The summed E-state index contributed by atoms with van der Waals surface area (Å²) in [7, 11) is 3.23. The SMILES string of the molecule is COc1cc2c(cc1OC)CN(C(=O)CSc1nnc(-n3nc(C)cc3C)n1N)CC2. The number of benzene rings is 1. The van der Waals surface area contributed by atoms with E-state index in [2.05, 4.69) is 15.3 Å². The number of carbonyl (C=O) groups excluding carboxylic acids is 1. The van der Waals surface area contributed by atoms with E-state index in [1.165, 1.54) is 22.0 Å². The molecule has 0 saturated carbocycles. The Balaban J connectivity index is 1.43. The fraction of sp³-hybridized carbons (Fsp3) is 0.400. The number of amides is 1. The van der Waals surface area contributed by atoms with Crippen LogP contribution in [0.2, 0.25) is 0 Å². The molecule has 3 aromatic rings. The molecular formula is C20H25N7O3S. The van der Waals surface area contributed by atoms with E-state index < -0.39 is 0 Å². The number of fused-ring (bicyclic) bond motifs is 1. The highest BCUT2D eigenvalue weighted by molar-refractivity contribution is 7.99. The van der Waals surface area contributed by atoms with Crippen molar-refractivity contribution in [2.45, 2.75) is 32.0 Å². The largest absolute Gasteiger partial charge is 0.493 e. The number of carbonyl (C=O) groups is 1. The standard InChI is InChI=1S/C20H25N7O3S/c1-12-7-13(2)27(24-12)19-22-23-20(26(19)21)31-11-18(28)25-6-5-14-8-16(29-3)17(30-4)9-15(14)10-25/h7-9H,5-6,10-11,21H2,1-4H3. The molecule has 3 heterocycles. The van der Waals surface area contributed by atoms with Gasteiger partial charge in [0, 0.05) is 18.8 Å². The maximum absolute atomic E-state index is 12.8. The van der Waals surface area contributed by atoms with Crippen LogP contribution < -0.4 is 15.3 Å². The number of nitrogens with two attached hydrogens (primary N) is 1. The second-order valence-corrected chi connectivity index (χ2v) is 8.26. The van der Waals surface area contributed by atoms with Crippen molar-refractivity contribution in [2.24, 2.45) is 0 Å². The van der Waals surface area contributed by atoms with Crippen molar-refractivity contribution in [1.82, 2.24) is 29.6 Å². The summed E-state index contributed by atoms with van der Waals surface area (Å²) in [5.74, 6) is 8.17. The van der Waals surface area contributed by atoms with Gasteiger partial charge in [0.2, 0.25) is 11.1 Å². The normalized spacial score (nSPS) is 13.2. The van der Waals surface area contributed by atoms with Gasteiger partial charge in [-0.3, -0.25) is 4.79 Å². The van der Waals surface area contributed by atoms with E-state index in [1.54, 1.807) is 18.9 Å². The molecule has 1 aromatic carbocycles. The van der Waals surface area contributed by atoms with E-state index >= 15 is 0 Å². The average Bonchev–Trinajstić information content (AvgIpc) is 3.30. The highest BCUT2D eigenvalue weighted by Crippen LogP contribution is 2.33. The molecule has 0 unspecified atom stereocenters. The third kappa shape index (κ3) is 4.05. The van der Waals surface area contributed by atoms with Crippen LogP contribution in [0.1, 0.15) is 22.5 Å². The van der Waals surface area contributed by atoms with E-state index in [-0.39, 0.29) is 11.7 Å². The molecule has 0 atom stereocenters. The fourth-order valence-electron chi connectivity index (χ4n) is 3.66. The number of thioether (sulfide) groups is 1. The summed E-state index contributed by atoms with van der Waals surface area (Å²) >= 11 is 1.26. The maximum atomic E-state index is 12.8. The molecule has 11 heteroatoms. The van der Waals surface area contributed by atoms with Gasteiger partial charge >= 0.3 is 0 Å². The summed E-state index contributed by atoms with van der Waals surface area (Å²) in [4.78, 5) is 14.7. The number of hydrogen-bond donors (Lipinski definition) is 1. The molecule has 31 heavy (non-hydrogen) atoms. The maximum Gasteiger partial charge on any atom is 0.271 e. The van der Waals surface area contributed by atoms with Crippen LogP contribution in [0, 0.1) is 13.8 Å². The lowest BCUT2D eigenvalue weighted by Crippen LogP contribution is -2.37. The predicted molar refractivity (Wildman–Crippen MR) is 116 cm³/mol. The van der Waals surface area contributed by atoms with Crippen LogP contribution in [0.15, 0.2) is 23.4 Å². The fourth-order valence-corrected chi connectivity index (χ4v) is 4.41. The zero-order valence-electron chi connectivity index (χ0n) is 18.0. The molecule has 2 aromatic heterocycles. The van der Waals surface area contributed by atoms with E-state index in [9.17, 15) is 4.79 Å². The monoisotopic (exact) mass is 443 g/mol. The molecule has 1 aliphatic heterocycles. The first-order chi connectivity index (χ1) is 14.9. The Hall–Kier alpha value is -3.21. The molecule has 10 nitrogen and oxygen atoms in total. The Morgan fingerprint density at radius 1 is 1.13 bits per heavy atom. The zero-order chi connectivity index (χ0) is 22.1. The van der Waals surface area contributed by atoms with Crippen molar-refractivity contribution < 1.29 is 14.3 Å². The first-order valence-corrected chi connectivity index (χ1v) is 10.8. The number of aromatic nitrogens is 5. The number of hydrogen-bond acceptors (Lipinski definition) is 8. The van der Waals surface area contributed by atoms with Crippen LogP contribution in [-0.2, 0) is 17.8 Å². The number of methoxy groups -OCH3 is 2. The van der Waals surface area contributed by atoms with Crippen molar-refractivity contribution >= 4 is 17.7 Å². The Bertz CT molecular complexity index is 1120. The van der Waals surface area contributed by atoms with Gasteiger partial charge in [-0.15, -0.1) is 10.2 Å². The van der Waals surface area contributed by atoms with Crippen LogP contribution in [0.5, 0.6) is 11.5 Å². The second kappa shape index (κ2) is 8.50. The van der Waals surface area contributed by atoms with Crippen LogP contribution in [0.25, 0.3) is 5.95 Å². The summed E-state index contributed by atoms with van der Waals surface area (Å²) < 4.78 is 13.8. The molecule has 0 aliphatic carbocycles. The van der Waals surface area contributed by atoms with Gasteiger partial charge in [0.1, 0.15) is 0 Å². The minimum atomic E-state index is 0.0149. The summed E-state index contributed by atoms with van der Waals surface area (Å²) in [6.07, 6.45) is 0.765. The van der Waals surface area contributed by atoms with Crippen molar-refractivity contribution in [3.63, 3.8) is 0 Å². The van der Waals surface area contributed by atoms with E-state index in [0.29, 0.717) is 35.7 Å². The third-order valence-electron chi connectivity index (χ3n) is 5.24. The molecule has 0 bridgehead atoms. The Labute approximate surface area is 184 Å². The number of aryl methyl sites for hydroxylation is 2. The minimum absolute atomic E-state index is 0.0149. The van der Waals surface area contributed by atoms with Gasteiger partial charge in [-0.2, -0.15) is 5.10 Å². The van der Waals surface area contributed by atoms with E-state index in [0.717, 1.165) is 23.4 Å². The topological polar surface area (TPSA) is 113 Å². The van der Waals surface area contributed by atoms with Gasteiger partial charge in [0.15, 0.2) is 11.5 Å². The number of nitrogen functional groups attached to an aromatic ring is 1. The summed E-state index contributed by atoms with van der Waals surface area (Å²) in [6, 6.07) is 5.86. The average molecular weight is 444 g/mol. The van der Waals surface area contributed by atoms with Crippen LogP contribution in [0.3, 0.4) is 0 Å². The quantitative estimate of drug-likeness (QED) is 0.450. The Kier molecular flexibility index (Phi) is 5.77. The highest BCUT2D eigenvalue weighted by Gasteiger charge is 2.24. The summed E-state index contributed by atoms with van der Waals surface area (Å²) in [6.45, 7) is 5.00. The van der Waals surface area contributed by atoms with Gasteiger partial charge in [-0.1, -0.05) is 11.8 Å². The Morgan fingerprint density at radius 3 is 2.48 bits per heavy atom. The summed E-state index contributed by atoms with van der Waals surface area (Å²) in [5.41, 5.74) is 4.01. The van der Waals surface area contributed by atoms with Crippen LogP contribution >= 0.6 is 11.8 Å². The van der Waals surface area contributed by atoms with Gasteiger partial charge in [0.25, 0.3) is 5.95 Å². The molecule has 0 spiro atoms. The molecule has 164 valence electrons. The lowest BCUT2D eigenvalue weighted by molar-refractivity contribution is -0.129. The molecule has 4 rings (SSSR count). The minimum Gasteiger partial charge on any atom is -0.493 e. The van der Waals surface area contributed by atoms with Crippen LogP contribution in [0.4, 0.5) is 0 Å². The molecule has 1 amide bonds. The highest BCUT2D eigenvalue weighted by atomic mass is 32.2. The summed E-state index contributed by atoms with van der Waals surface area (Å²) in [5, 5.41) is 13.1. The first-order valence-electron chi connectivity index (χ1n) is 9.79. The predicted octanol–water partition coefficient (Wildman–Crippen LogP) is 1.49. The molecule has 1 aliphatic rings. The van der Waals surface area contributed by atoms with Crippen molar-refractivity contribution in [2.75, 3.05) is 32.4 Å². The van der Waals surface area contributed by atoms with Crippen LogP contribution in [-0.4, -0.2) is 62.0 Å². The van der Waals surface area contributed by atoms with Crippen molar-refractivity contribution in [3.05, 3.63) is 40.7 Å². The molecular weight excluding hydrogens is 418 g/mol. The molecule has 0 radical (unpaired) electrons. The third-order valence-corrected chi connectivity index (χ3v) is 6.17.